The van der Waals surface area contributed by atoms with Crippen LogP contribution in [0, 0.1) is 17.0 Å². The molecule has 21 heavy (non-hydrogen) atoms. The van der Waals surface area contributed by atoms with Crippen molar-refractivity contribution in [1.29, 1.82) is 0 Å². The number of nitrogens with zero attached hydrogens (tertiary/aromatic N) is 1. The van der Waals surface area contributed by atoms with Gasteiger partial charge in [-0.1, -0.05) is 6.07 Å². The smallest absolute Gasteiger partial charge is 0.269 e. The van der Waals surface area contributed by atoms with Gasteiger partial charge in [0.15, 0.2) is 0 Å². The van der Waals surface area contributed by atoms with E-state index in [4.69, 9.17) is 4.74 Å². The van der Waals surface area contributed by atoms with Crippen LogP contribution in [0.2, 0.25) is 0 Å². The number of benzene rings is 2. The molecule has 0 amide bonds. The third kappa shape index (κ3) is 4.46. The molecule has 2 aromatic rings. The summed E-state index contributed by atoms with van der Waals surface area (Å²) in [6.45, 7) is 3.14. The van der Waals surface area contributed by atoms with Crippen LogP contribution in [0.3, 0.4) is 0 Å². The highest BCUT2D eigenvalue weighted by Gasteiger charge is 2.04. The van der Waals surface area contributed by atoms with Gasteiger partial charge in [0.25, 0.3) is 5.69 Å². The van der Waals surface area contributed by atoms with Crippen LogP contribution in [0.25, 0.3) is 0 Å². The average Bonchev–Trinajstić information content (AvgIpc) is 2.46. The molecule has 0 saturated heterocycles. The van der Waals surface area contributed by atoms with Crippen LogP contribution in [0.4, 0.5) is 11.4 Å². The molecule has 0 aliphatic heterocycles. The Bertz CT molecular complexity index is 629. The van der Waals surface area contributed by atoms with Crippen molar-refractivity contribution < 1.29 is 9.66 Å². The molecule has 0 heterocycles. The van der Waals surface area contributed by atoms with Gasteiger partial charge in [-0.15, -0.1) is 0 Å². The van der Waals surface area contributed by atoms with Gasteiger partial charge in [0, 0.05) is 28.8 Å². The van der Waals surface area contributed by atoms with Crippen molar-refractivity contribution in [2.45, 2.75) is 6.92 Å². The second kappa shape index (κ2) is 7.08. The summed E-state index contributed by atoms with van der Waals surface area (Å²) in [5, 5.41) is 13.8. The van der Waals surface area contributed by atoms with E-state index in [1.165, 1.54) is 17.7 Å². The second-order valence-corrected chi connectivity index (χ2v) is 5.36. The van der Waals surface area contributed by atoms with E-state index in [2.05, 4.69) is 21.2 Å². The predicted octanol–water partition coefficient (Wildman–Crippen LogP) is 4.16. The van der Waals surface area contributed by atoms with Gasteiger partial charge in [-0.25, -0.2) is 0 Å². The number of nitro groups is 1. The molecule has 0 atom stereocenters. The maximum Gasteiger partial charge on any atom is 0.269 e. The highest BCUT2D eigenvalue weighted by molar-refractivity contribution is 9.10. The van der Waals surface area contributed by atoms with E-state index in [1.807, 2.05) is 25.1 Å². The van der Waals surface area contributed by atoms with Crippen LogP contribution in [0.1, 0.15) is 5.56 Å². The number of rotatable bonds is 6. The minimum atomic E-state index is -0.430. The van der Waals surface area contributed by atoms with Crippen molar-refractivity contribution >= 4 is 27.3 Å². The van der Waals surface area contributed by atoms with Gasteiger partial charge in [-0.2, -0.15) is 0 Å². The molecule has 5 nitrogen and oxygen atoms in total. The molecule has 0 fully saturated rings. The molecule has 2 rings (SSSR count). The van der Waals surface area contributed by atoms with Crippen molar-refractivity contribution in [3.05, 3.63) is 62.6 Å². The SMILES string of the molecule is Cc1ccc(NCCOc2ccc([N+](=O)[O-])cc2)c(Br)c1. The first-order chi connectivity index (χ1) is 10.1. The Morgan fingerprint density at radius 3 is 2.57 bits per heavy atom. The van der Waals surface area contributed by atoms with E-state index in [9.17, 15) is 10.1 Å². The first-order valence-electron chi connectivity index (χ1n) is 6.43. The lowest BCUT2D eigenvalue weighted by Crippen LogP contribution is -2.11. The summed E-state index contributed by atoms with van der Waals surface area (Å²) in [6, 6.07) is 12.1. The summed E-state index contributed by atoms with van der Waals surface area (Å²) in [5.41, 5.74) is 2.26. The number of non-ortho nitro benzene ring substituents is 1. The first kappa shape index (κ1) is 15.3. The predicted molar refractivity (Wildman–Crippen MR) is 86.0 cm³/mol. The van der Waals surface area contributed by atoms with Crippen molar-refractivity contribution in [2.24, 2.45) is 0 Å². The summed E-state index contributed by atoms with van der Waals surface area (Å²) < 4.78 is 6.54. The summed E-state index contributed by atoms with van der Waals surface area (Å²) in [4.78, 5) is 10.1. The Morgan fingerprint density at radius 1 is 1.24 bits per heavy atom. The molecule has 0 aliphatic rings. The first-order valence-corrected chi connectivity index (χ1v) is 7.23. The van der Waals surface area contributed by atoms with Crippen LogP contribution in [0.15, 0.2) is 46.9 Å². The van der Waals surface area contributed by atoms with Crippen LogP contribution in [-0.2, 0) is 0 Å². The topological polar surface area (TPSA) is 64.4 Å². The van der Waals surface area contributed by atoms with Crippen molar-refractivity contribution in [3.8, 4) is 5.75 Å². The van der Waals surface area contributed by atoms with Crippen LogP contribution < -0.4 is 10.1 Å². The number of hydrogen-bond acceptors (Lipinski definition) is 4. The molecule has 6 heteroatoms. The quantitative estimate of drug-likeness (QED) is 0.482. The van der Waals surface area contributed by atoms with Gasteiger partial charge in [0.1, 0.15) is 12.4 Å². The number of hydrogen-bond donors (Lipinski definition) is 1. The zero-order valence-electron chi connectivity index (χ0n) is 11.5. The van der Waals surface area contributed by atoms with Gasteiger partial charge in [-0.3, -0.25) is 10.1 Å². The normalized spacial score (nSPS) is 10.2. The van der Waals surface area contributed by atoms with Crippen LogP contribution >= 0.6 is 15.9 Å². The Morgan fingerprint density at radius 2 is 1.95 bits per heavy atom. The molecule has 0 bridgehead atoms. The summed E-state index contributed by atoms with van der Waals surface area (Å²) in [5.74, 6) is 0.616. The van der Waals surface area contributed by atoms with Crippen LogP contribution in [0.5, 0.6) is 5.75 Å². The molecule has 2 aromatic carbocycles. The number of ether oxygens (including phenoxy) is 1. The maximum atomic E-state index is 10.5. The third-order valence-electron chi connectivity index (χ3n) is 2.86. The Hall–Kier alpha value is -2.08. The number of nitrogens with one attached hydrogen (secondary N) is 1. The van der Waals surface area contributed by atoms with E-state index in [1.54, 1.807) is 12.1 Å². The molecule has 0 aliphatic carbocycles. The zero-order chi connectivity index (χ0) is 15.2. The van der Waals surface area contributed by atoms with E-state index in [-0.39, 0.29) is 5.69 Å². The van der Waals surface area contributed by atoms with Crippen molar-refractivity contribution in [2.75, 3.05) is 18.5 Å². The average molecular weight is 351 g/mol. The molecule has 110 valence electrons. The Balaban J connectivity index is 1.80. The van der Waals surface area contributed by atoms with E-state index in [0.717, 1.165) is 10.2 Å². The Labute approximate surface area is 131 Å². The molecule has 1 N–H and O–H groups in total. The lowest BCUT2D eigenvalue weighted by molar-refractivity contribution is -0.384. The molecule has 0 aromatic heterocycles. The highest BCUT2D eigenvalue weighted by Crippen LogP contribution is 2.23. The summed E-state index contributed by atoms with van der Waals surface area (Å²) >= 11 is 3.50. The fourth-order valence-electron chi connectivity index (χ4n) is 1.78. The molecule has 0 radical (unpaired) electrons. The van der Waals surface area contributed by atoms with Gasteiger partial charge < -0.3 is 10.1 Å². The second-order valence-electron chi connectivity index (χ2n) is 4.51. The minimum Gasteiger partial charge on any atom is -0.492 e. The fourth-order valence-corrected chi connectivity index (χ4v) is 2.42. The molecule has 0 saturated carbocycles. The number of anilines is 1. The fraction of sp³-hybridized carbons (Fsp3) is 0.200. The minimum absolute atomic E-state index is 0.0593. The van der Waals surface area contributed by atoms with E-state index < -0.39 is 4.92 Å². The van der Waals surface area contributed by atoms with Gasteiger partial charge in [0.2, 0.25) is 0 Å². The molecule has 0 spiro atoms. The number of nitro benzene ring substituents is 1. The van der Waals surface area contributed by atoms with Crippen molar-refractivity contribution in [1.82, 2.24) is 0 Å². The summed E-state index contributed by atoms with van der Waals surface area (Å²) in [6.07, 6.45) is 0. The van der Waals surface area contributed by atoms with E-state index in [0.29, 0.717) is 18.9 Å². The van der Waals surface area contributed by atoms with Gasteiger partial charge >= 0.3 is 0 Å². The zero-order valence-corrected chi connectivity index (χ0v) is 13.1. The number of halogens is 1. The van der Waals surface area contributed by atoms with E-state index >= 15 is 0 Å². The largest absolute Gasteiger partial charge is 0.492 e. The Kier molecular flexibility index (Phi) is 5.16. The number of aryl methyl sites for hydroxylation is 1. The van der Waals surface area contributed by atoms with Crippen molar-refractivity contribution in [3.63, 3.8) is 0 Å². The highest BCUT2D eigenvalue weighted by atomic mass is 79.9. The lowest BCUT2D eigenvalue weighted by atomic mass is 10.2. The standard InChI is InChI=1S/C15H15BrN2O3/c1-11-2-7-15(14(16)10-11)17-8-9-21-13-5-3-12(4-6-13)18(19)20/h2-7,10,17H,8-9H2,1H3. The third-order valence-corrected chi connectivity index (χ3v) is 3.51. The monoisotopic (exact) mass is 350 g/mol. The van der Waals surface area contributed by atoms with Crippen LogP contribution in [-0.4, -0.2) is 18.1 Å². The van der Waals surface area contributed by atoms with Gasteiger partial charge in [0.05, 0.1) is 4.92 Å². The maximum absolute atomic E-state index is 10.5. The van der Waals surface area contributed by atoms with Gasteiger partial charge in [-0.05, 0) is 52.7 Å². The lowest BCUT2D eigenvalue weighted by Gasteiger charge is -2.10. The molecular formula is C15H15BrN2O3. The molecule has 0 unspecified atom stereocenters. The molecular weight excluding hydrogens is 336 g/mol. The summed E-state index contributed by atoms with van der Waals surface area (Å²) in [7, 11) is 0.